The summed E-state index contributed by atoms with van der Waals surface area (Å²) >= 11 is 0. The van der Waals surface area contributed by atoms with E-state index in [-0.39, 0.29) is 24.6 Å². The predicted octanol–water partition coefficient (Wildman–Crippen LogP) is 1.98. The second-order valence-corrected chi connectivity index (χ2v) is 5.47. The number of hydrogen-bond acceptors (Lipinski definition) is 5. The van der Waals surface area contributed by atoms with Gasteiger partial charge in [-0.1, -0.05) is 13.3 Å². The van der Waals surface area contributed by atoms with Gasteiger partial charge >= 0.3 is 5.97 Å². The lowest BCUT2D eigenvalue weighted by Crippen LogP contribution is -2.45. The van der Waals surface area contributed by atoms with Gasteiger partial charge in [0.2, 0.25) is 0 Å². The first-order valence-electron chi connectivity index (χ1n) is 7.18. The lowest BCUT2D eigenvalue weighted by Gasteiger charge is -2.40. The maximum atomic E-state index is 11.7. The molecule has 0 bridgehead atoms. The highest BCUT2D eigenvalue weighted by molar-refractivity contribution is 5.69. The lowest BCUT2D eigenvalue weighted by atomic mass is 10.0. The van der Waals surface area contributed by atoms with Crippen LogP contribution in [0.15, 0.2) is 0 Å². The van der Waals surface area contributed by atoms with Crippen LogP contribution in [0.4, 0.5) is 0 Å². The van der Waals surface area contributed by atoms with Crippen LogP contribution in [0.25, 0.3) is 0 Å². The Hall–Kier alpha value is -0.650. The van der Waals surface area contributed by atoms with E-state index in [1.807, 2.05) is 13.8 Å². The molecule has 0 saturated carbocycles. The zero-order valence-corrected chi connectivity index (χ0v) is 12.3. The summed E-state index contributed by atoms with van der Waals surface area (Å²) in [6, 6.07) is 0. The highest BCUT2D eigenvalue weighted by Crippen LogP contribution is 2.29. The third kappa shape index (κ3) is 6.36. The normalized spacial score (nSPS) is 26.1. The highest BCUT2D eigenvalue weighted by Gasteiger charge is 2.36. The van der Waals surface area contributed by atoms with Gasteiger partial charge in [-0.2, -0.15) is 0 Å². The molecule has 1 heterocycles. The van der Waals surface area contributed by atoms with E-state index in [4.69, 9.17) is 19.9 Å². The first kappa shape index (κ1) is 16.4. The number of nitrogens with two attached hydrogens (primary N) is 1. The van der Waals surface area contributed by atoms with Gasteiger partial charge in [-0.05, 0) is 33.2 Å². The molecule has 1 fully saturated rings. The van der Waals surface area contributed by atoms with E-state index >= 15 is 0 Å². The Labute approximate surface area is 115 Å². The van der Waals surface area contributed by atoms with E-state index in [2.05, 4.69) is 6.92 Å². The fourth-order valence-corrected chi connectivity index (χ4v) is 2.28. The summed E-state index contributed by atoms with van der Waals surface area (Å²) < 4.78 is 16.7. The summed E-state index contributed by atoms with van der Waals surface area (Å²) in [6.07, 6.45) is 3.61. The molecular formula is C14H27NO4. The zero-order valence-electron chi connectivity index (χ0n) is 12.3. The molecule has 0 aromatic rings. The molecule has 0 aromatic carbocycles. The van der Waals surface area contributed by atoms with Crippen molar-refractivity contribution in [3.05, 3.63) is 0 Å². The second kappa shape index (κ2) is 7.82. The fraction of sp³-hybridized carbons (Fsp3) is 0.929. The lowest BCUT2D eigenvalue weighted by molar-refractivity contribution is -0.300. The molecule has 0 spiro atoms. The molecule has 5 nitrogen and oxygen atoms in total. The van der Waals surface area contributed by atoms with Crippen molar-refractivity contribution in [3.63, 3.8) is 0 Å². The largest absolute Gasteiger partial charge is 0.466 e. The minimum Gasteiger partial charge on any atom is -0.466 e. The van der Waals surface area contributed by atoms with E-state index in [0.29, 0.717) is 19.6 Å². The van der Waals surface area contributed by atoms with Crippen molar-refractivity contribution in [1.29, 1.82) is 0 Å². The molecule has 1 rings (SSSR count). The number of hydrogen-bond donors (Lipinski definition) is 1. The van der Waals surface area contributed by atoms with Crippen LogP contribution >= 0.6 is 0 Å². The number of carbonyl (C=O) groups excluding carboxylic acids is 1. The van der Waals surface area contributed by atoms with Crippen molar-refractivity contribution in [3.8, 4) is 0 Å². The molecule has 0 amide bonds. The summed E-state index contributed by atoms with van der Waals surface area (Å²) in [5.74, 6) is -0.852. The standard InChI is InChI=1S/C14H27NO4/c1-4-5-8-17-13(16)10-12-9-11(6-7-15)18-14(2,3)19-12/h11-12H,4-10,15H2,1-3H3/t11-,12-/m1/s1. The van der Waals surface area contributed by atoms with Gasteiger partial charge in [0.25, 0.3) is 0 Å². The fourth-order valence-electron chi connectivity index (χ4n) is 2.28. The minimum atomic E-state index is -0.660. The molecule has 2 atom stereocenters. The SMILES string of the molecule is CCCCOC(=O)C[C@H]1C[C@@H](CCN)OC(C)(C)O1. The molecule has 0 aromatic heterocycles. The number of carbonyl (C=O) groups is 1. The third-order valence-corrected chi connectivity index (χ3v) is 3.07. The Morgan fingerprint density at radius 3 is 2.68 bits per heavy atom. The van der Waals surface area contributed by atoms with Crippen molar-refractivity contribution < 1.29 is 19.0 Å². The van der Waals surface area contributed by atoms with Gasteiger partial charge in [0.05, 0.1) is 25.2 Å². The maximum absolute atomic E-state index is 11.7. The van der Waals surface area contributed by atoms with E-state index in [1.54, 1.807) is 0 Å². The highest BCUT2D eigenvalue weighted by atomic mass is 16.7. The van der Waals surface area contributed by atoms with Gasteiger partial charge in [0.15, 0.2) is 5.79 Å². The van der Waals surface area contributed by atoms with E-state index < -0.39 is 5.79 Å². The zero-order chi connectivity index (χ0) is 14.3. The van der Waals surface area contributed by atoms with Crippen LogP contribution in [0.5, 0.6) is 0 Å². The second-order valence-electron chi connectivity index (χ2n) is 5.47. The van der Waals surface area contributed by atoms with Gasteiger partial charge in [-0.3, -0.25) is 4.79 Å². The van der Waals surface area contributed by atoms with Gasteiger partial charge in [0, 0.05) is 6.42 Å². The molecule has 5 heteroatoms. The number of rotatable bonds is 7. The molecule has 112 valence electrons. The van der Waals surface area contributed by atoms with Crippen molar-refractivity contribution in [2.75, 3.05) is 13.2 Å². The van der Waals surface area contributed by atoms with E-state index in [0.717, 1.165) is 19.3 Å². The van der Waals surface area contributed by atoms with Crippen LogP contribution in [0, 0.1) is 0 Å². The number of ether oxygens (including phenoxy) is 3. The Bertz CT molecular complexity index is 281. The monoisotopic (exact) mass is 273 g/mol. The Morgan fingerprint density at radius 2 is 2.05 bits per heavy atom. The van der Waals surface area contributed by atoms with Crippen molar-refractivity contribution in [2.45, 2.75) is 70.9 Å². The smallest absolute Gasteiger partial charge is 0.308 e. The van der Waals surface area contributed by atoms with Crippen LogP contribution in [0.1, 0.15) is 52.9 Å². The molecule has 1 saturated heterocycles. The maximum Gasteiger partial charge on any atom is 0.308 e. The molecule has 2 N–H and O–H groups in total. The number of unbranched alkanes of at least 4 members (excludes halogenated alkanes) is 1. The van der Waals surface area contributed by atoms with E-state index in [1.165, 1.54) is 0 Å². The summed E-state index contributed by atoms with van der Waals surface area (Å²) in [6.45, 7) is 6.87. The molecule has 0 radical (unpaired) electrons. The van der Waals surface area contributed by atoms with Crippen LogP contribution in [-0.2, 0) is 19.0 Å². The minimum absolute atomic E-state index is 0.0576. The topological polar surface area (TPSA) is 70.8 Å². The third-order valence-electron chi connectivity index (χ3n) is 3.07. The Morgan fingerprint density at radius 1 is 1.37 bits per heavy atom. The quantitative estimate of drug-likeness (QED) is 0.567. The predicted molar refractivity (Wildman–Crippen MR) is 72.6 cm³/mol. The van der Waals surface area contributed by atoms with Crippen molar-refractivity contribution >= 4 is 5.97 Å². The van der Waals surface area contributed by atoms with Gasteiger partial charge in [-0.15, -0.1) is 0 Å². The average molecular weight is 273 g/mol. The Balaban J connectivity index is 2.40. The first-order chi connectivity index (χ1) is 8.96. The van der Waals surface area contributed by atoms with Gasteiger partial charge in [0.1, 0.15) is 0 Å². The van der Waals surface area contributed by atoms with Crippen LogP contribution < -0.4 is 5.73 Å². The van der Waals surface area contributed by atoms with Gasteiger partial charge in [-0.25, -0.2) is 0 Å². The van der Waals surface area contributed by atoms with Crippen molar-refractivity contribution in [2.24, 2.45) is 5.73 Å². The Kier molecular flexibility index (Phi) is 6.75. The summed E-state index contributed by atoms with van der Waals surface area (Å²) in [5, 5.41) is 0. The van der Waals surface area contributed by atoms with Crippen molar-refractivity contribution in [1.82, 2.24) is 0 Å². The van der Waals surface area contributed by atoms with Crippen LogP contribution in [0.2, 0.25) is 0 Å². The molecule has 0 unspecified atom stereocenters. The number of esters is 1. The molecule has 19 heavy (non-hydrogen) atoms. The van der Waals surface area contributed by atoms with E-state index in [9.17, 15) is 4.79 Å². The van der Waals surface area contributed by atoms with Crippen LogP contribution in [-0.4, -0.2) is 37.1 Å². The summed E-state index contributed by atoms with van der Waals surface area (Å²) in [7, 11) is 0. The first-order valence-corrected chi connectivity index (χ1v) is 7.18. The molecule has 0 aliphatic carbocycles. The molecule has 1 aliphatic heterocycles. The van der Waals surface area contributed by atoms with Gasteiger partial charge < -0.3 is 19.9 Å². The average Bonchev–Trinajstić information content (AvgIpc) is 2.27. The molecule has 1 aliphatic rings. The summed E-state index contributed by atoms with van der Waals surface area (Å²) in [4.78, 5) is 11.7. The molecular weight excluding hydrogens is 246 g/mol. The summed E-state index contributed by atoms with van der Waals surface area (Å²) in [5.41, 5.74) is 5.56. The van der Waals surface area contributed by atoms with Crippen LogP contribution in [0.3, 0.4) is 0 Å².